The van der Waals surface area contributed by atoms with Gasteiger partial charge >= 0.3 is 0 Å². The van der Waals surface area contributed by atoms with Crippen LogP contribution in [0.15, 0.2) is 22.1 Å². The van der Waals surface area contributed by atoms with E-state index >= 15 is 0 Å². The summed E-state index contributed by atoms with van der Waals surface area (Å²) in [6.07, 6.45) is 4.09. The Morgan fingerprint density at radius 3 is 3.00 bits per heavy atom. The summed E-state index contributed by atoms with van der Waals surface area (Å²) in [6, 6.07) is 0.130. The lowest BCUT2D eigenvalue weighted by atomic mass is 10.2. The zero-order chi connectivity index (χ0) is 9.68. The minimum Gasteiger partial charge on any atom is -0.352 e. The molecule has 0 aromatic heterocycles. The van der Waals surface area contributed by atoms with E-state index in [0.29, 0.717) is 12.1 Å². The van der Waals surface area contributed by atoms with Crippen LogP contribution >= 0.6 is 0 Å². The molecule has 1 unspecified atom stereocenters. The van der Waals surface area contributed by atoms with E-state index in [1.54, 1.807) is 13.1 Å². The minimum absolute atomic E-state index is 0.0982. The smallest absolute Gasteiger partial charge is 0.246 e. The van der Waals surface area contributed by atoms with Gasteiger partial charge in [-0.25, -0.2) is 4.99 Å². The van der Waals surface area contributed by atoms with Gasteiger partial charge in [0.25, 0.3) is 0 Å². The Morgan fingerprint density at radius 1 is 1.69 bits per heavy atom. The first-order chi connectivity index (χ1) is 6.20. The highest BCUT2D eigenvalue weighted by Gasteiger charge is 2.06. The van der Waals surface area contributed by atoms with E-state index in [-0.39, 0.29) is 11.9 Å². The van der Waals surface area contributed by atoms with Crippen molar-refractivity contribution in [2.75, 3.05) is 6.54 Å². The number of nitrogens with one attached hydrogen (secondary N) is 1. The second-order valence-electron chi connectivity index (χ2n) is 2.95. The molecule has 4 nitrogen and oxygen atoms in total. The Morgan fingerprint density at radius 2 is 2.46 bits per heavy atom. The highest BCUT2D eigenvalue weighted by atomic mass is 16.1. The summed E-state index contributed by atoms with van der Waals surface area (Å²) in [4.78, 5) is 18.9. The van der Waals surface area contributed by atoms with Gasteiger partial charge in [0.2, 0.25) is 5.91 Å². The second kappa shape index (κ2) is 4.54. The highest BCUT2D eigenvalue weighted by Crippen LogP contribution is 1.98. The molecule has 0 radical (unpaired) electrons. The first-order valence-corrected chi connectivity index (χ1v) is 4.19. The van der Waals surface area contributed by atoms with Crippen LogP contribution in [-0.4, -0.2) is 31.0 Å². The van der Waals surface area contributed by atoms with Gasteiger partial charge in [0.15, 0.2) is 0 Å². The van der Waals surface area contributed by atoms with Crippen LogP contribution in [0.25, 0.3) is 0 Å². The Labute approximate surface area is 77.5 Å². The number of amides is 1. The minimum atomic E-state index is -0.0982. The molecular weight excluding hydrogens is 166 g/mol. The maximum absolute atomic E-state index is 11.0. The van der Waals surface area contributed by atoms with Crippen molar-refractivity contribution >= 4 is 18.5 Å². The predicted molar refractivity (Wildman–Crippen MR) is 53.2 cm³/mol. The summed E-state index contributed by atoms with van der Waals surface area (Å²) in [6.45, 7) is 5.83. The molecule has 0 aromatic carbocycles. The summed E-state index contributed by atoms with van der Waals surface area (Å²) in [5.41, 5.74) is 0.531. The second-order valence-corrected chi connectivity index (χ2v) is 2.95. The highest BCUT2D eigenvalue weighted by molar-refractivity contribution is 5.92. The largest absolute Gasteiger partial charge is 0.352 e. The number of hydrogen-bond acceptors (Lipinski definition) is 3. The van der Waals surface area contributed by atoms with E-state index in [1.165, 1.54) is 6.34 Å². The molecule has 0 aliphatic carbocycles. The van der Waals surface area contributed by atoms with E-state index in [2.05, 4.69) is 21.9 Å². The monoisotopic (exact) mass is 179 g/mol. The zero-order valence-electron chi connectivity index (χ0n) is 7.66. The Balaban J connectivity index is 2.14. The topological polar surface area (TPSA) is 53.8 Å². The van der Waals surface area contributed by atoms with Crippen LogP contribution in [0.4, 0.5) is 0 Å². The first-order valence-electron chi connectivity index (χ1n) is 4.19. The van der Waals surface area contributed by atoms with E-state index < -0.39 is 0 Å². The number of hydrogen-bond donors (Lipinski definition) is 1. The molecule has 13 heavy (non-hydrogen) atoms. The van der Waals surface area contributed by atoms with Crippen molar-refractivity contribution < 1.29 is 4.79 Å². The fraction of sp³-hybridized carbons (Fsp3) is 0.444. The zero-order valence-corrected chi connectivity index (χ0v) is 7.66. The summed E-state index contributed by atoms with van der Waals surface area (Å²) < 4.78 is 0. The van der Waals surface area contributed by atoms with Crippen molar-refractivity contribution in [1.29, 1.82) is 0 Å². The van der Waals surface area contributed by atoms with Gasteiger partial charge in [0.1, 0.15) is 6.34 Å². The molecule has 1 N–H and O–H groups in total. The van der Waals surface area contributed by atoms with Crippen molar-refractivity contribution in [2.24, 2.45) is 9.98 Å². The van der Waals surface area contributed by atoms with Crippen molar-refractivity contribution in [2.45, 2.75) is 19.4 Å². The molecule has 1 amide bonds. The number of carbonyl (C=O) groups is 1. The van der Waals surface area contributed by atoms with Crippen LogP contribution in [0.3, 0.4) is 0 Å². The number of aliphatic imine (C=N–C) groups is 2. The molecule has 0 aromatic rings. The number of rotatable bonds is 4. The van der Waals surface area contributed by atoms with Crippen LogP contribution in [0.1, 0.15) is 13.3 Å². The quantitative estimate of drug-likeness (QED) is 0.629. The van der Waals surface area contributed by atoms with E-state index in [1.807, 2.05) is 0 Å². The van der Waals surface area contributed by atoms with Gasteiger partial charge in [-0.15, -0.1) is 0 Å². The molecule has 1 aliphatic rings. The van der Waals surface area contributed by atoms with Gasteiger partial charge in [-0.2, -0.15) is 0 Å². The molecule has 0 fully saturated rings. The summed E-state index contributed by atoms with van der Waals surface area (Å²) in [5, 5.41) is 2.73. The van der Waals surface area contributed by atoms with Gasteiger partial charge in [-0.3, -0.25) is 9.79 Å². The molecular formula is C9H13N3O. The van der Waals surface area contributed by atoms with Crippen LogP contribution in [0.2, 0.25) is 0 Å². The number of carbonyl (C=O) groups excluding carboxylic acids is 1. The first kappa shape index (κ1) is 9.64. The van der Waals surface area contributed by atoms with Crippen molar-refractivity contribution in [1.82, 2.24) is 5.32 Å². The van der Waals surface area contributed by atoms with Crippen molar-refractivity contribution in [3.05, 3.63) is 12.2 Å². The third-order valence-corrected chi connectivity index (χ3v) is 1.70. The van der Waals surface area contributed by atoms with E-state index in [0.717, 1.165) is 6.42 Å². The molecule has 1 aliphatic heterocycles. The Kier molecular flexibility index (Phi) is 3.37. The van der Waals surface area contributed by atoms with Gasteiger partial charge in [0.05, 0.1) is 6.04 Å². The summed E-state index contributed by atoms with van der Waals surface area (Å²) >= 11 is 0. The molecule has 4 heteroatoms. The van der Waals surface area contributed by atoms with Crippen LogP contribution < -0.4 is 5.32 Å². The average Bonchev–Trinajstić information content (AvgIpc) is 2.56. The van der Waals surface area contributed by atoms with Crippen LogP contribution in [-0.2, 0) is 4.79 Å². The van der Waals surface area contributed by atoms with E-state index in [4.69, 9.17) is 0 Å². The molecule has 70 valence electrons. The maximum atomic E-state index is 11.0. The lowest BCUT2D eigenvalue weighted by Gasteiger charge is -2.05. The fourth-order valence-electron chi connectivity index (χ4n) is 0.934. The molecule has 0 spiro atoms. The molecule has 0 saturated carbocycles. The van der Waals surface area contributed by atoms with Gasteiger partial charge in [-0.1, -0.05) is 6.58 Å². The van der Waals surface area contributed by atoms with Gasteiger partial charge in [-0.05, 0) is 13.3 Å². The predicted octanol–water partition coefficient (Wildman–Crippen LogP) is 0.550. The third-order valence-electron chi connectivity index (χ3n) is 1.70. The fourth-order valence-corrected chi connectivity index (χ4v) is 0.934. The van der Waals surface area contributed by atoms with Crippen molar-refractivity contribution in [3.63, 3.8) is 0 Å². The lowest BCUT2D eigenvalue weighted by molar-refractivity contribution is -0.117. The molecule has 1 atom stereocenters. The van der Waals surface area contributed by atoms with Gasteiger partial charge in [0, 0.05) is 18.3 Å². The van der Waals surface area contributed by atoms with E-state index in [9.17, 15) is 4.79 Å². The van der Waals surface area contributed by atoms with Crippen molar-refractivity contribution in [3.8, 4) is 0 Å². The van der Waals surface area contributed by atoms with Crippen LogP contribution in [0.5, 0.6) is 0 Å². The summed E-state index contributed by atoms with van der Waals surface area (Å²) in [7, 11) is 0. The SMILES string of the molecule is C=C(C)C(=O)NCCC1C=NC=N1. The molecule has 0 bridgehead atoms. The molecule has 1 rings (SSSR count). The Bertz CT molecular complexity index is 256. The van der Waals surface area contributed by atoms with Crippen LogP contribution in [0, 0.1) is 0 Å². The third kappa shape index (κ3) is 3.19. The lowest BCUT2D eigenvalue weighted by Crippen LogP contribution is -2.27. The Hall–Kier alpha value is -1.45. The molecule has 0 saturated heterocycles. The summed E-state index contributed by atoms with van der Waals surface area (Å²) in [5.74, 6) is -0.0982. The maximum Gasteiger partial charge on any atom is 0.246 e. The number of nitrogens with zero attached hydrogens (tertiary/aromatic N) is 2. The normalized spacial score (nSPS) is 19.0. The van der Waals surface area contributed by atoms with Gasteiger partial charge < -0.3 is 5.32 Å². The average molecular weight is 179 g/mol. The molecule has 1 heterocycles. The standard InChI is InChI=1S/C9H13N3O/c1-7(2)9(13)11-4-3-8-5-10-6-12-8/h5-6,8H,1,3-4H2,2H3,(H,11,13).